The van der Waals surface area contributed by atoms with Gasteiger partial charge in [0.1, 0.15) is 17.3 Å². The Morgan fingerprint density at radius 2 is 1.82 bits per heavy atom. The highest BCUT2D eigenvalue weighted by Gasteiger charge is 2.30. The molecule has 5 rings (SSSR count). The van der Waals surface area contributed by atoms with E-state index in [4.69, 9.17) is 5.11 Å². The number of anilines is 1. The van der Waals surface area contributed by atoms with Crippen LogP contribution < -0.4 is 10.9 Å². The molecule has 0 bridgehead atoms. The van der Waals surface area contributed by atoms with Gasteiger partial charge in [-0.25, -0.2) is 18.6 Å². The molecule has 8 nitrogen and oxygen atoms in total. The number of halogens is 2. The largest absolute Gasteiger partial charge is 0.478 e. The van der Waals surface area contributed by atoms with E-state index >= 15 is 0 Å². The summed E-state index contributed by atoms with van der Waals surface area (Å²) in [5.74, 6) is -3.29. The number of hydrogen-bond donors (Lipinski definition) is 2. The summed E-state index contributed by atoms with van der Waals surface area (Å²) in [6.07, 6.45) is 4.52. The third kappa shape index (κ3) is 4.45. The van der Waals surface area contributed by atoms with E-state index in [2.05, 4.69) is 28.2 Å². The quantitative estimate of drug-likeness (QED) is 0.383. The molecule has 1 aliphatic rings. The van der Waals surface area contributed by atoms with Gasteiger partial charge in [-0.3, -0.25) is 14.3 Å². The Balaban J connectivity index is 1.40. The maximum atomic E-state index is 14.6. The van der Waals surface area contributed by atoms with E-state index in [1.54, 1.807) is 30.1 Å². The number of benzene rings is 1. The highest BCUT2D eigenvalue weighted by Crippen LogP contribution is 2.36. The molecule has 4 aromatic rings. The van der Waals surface area contributed by atoms with Crippen molar-refractivity contribution in [2.24, 2.45) is 7.05 Å². The van der Waals surface area contributed by atoms with Crippen molar-refractivity contribution in [2.45, 2.75) is 31.7 Å². The monoisotopic (exact) mass is 521 g/mol. The van der Waals surface area contributed by atoms with Crippen molar-refractivity contribution >= 4 is 22.7 Å². The molecule has 198 valence electrons. The van der Waals surface area contributed by atoms with Crippen LogP contribution in [0.25, 0.3) is 16.7 Å². The number of carboxylic acids is 1. The van der Waals surface area contributed by atoms with Crippen LogP contribution in [-0.4, -0.2) is 50.2 Å². The molecule has 2 N–H and O–H groups in total. The van der Waals surface area contributed by atoms with E-state index in [9.17, 15) is 18.4 Å². The Bertz CT molecular complexity index is 1560. The third-order valence-electron chi connectivity index (χ3n) is 7.65. The van der Waals surface area contributed by atoms with Crippen LogP contribution >= 0.6 is 0 Å². The standard InChI is InChI=1S/C28H29F2N5O3/c1-16(34-9-5-17(6-10-34)26-21(29)12-18(28(37)38)13-22(26)30)24-15-20-23(4-8-32-27(20)33(24)3)35-11-7-19(31-2)14-25(35)36/h4,7-8,11-17,31H,5-6,9-10H2,1-3H3,(H,37,38)/t16-/m1/s1. The molecule has 38 heavy (non-hydrogen) atoms. The predicted molar refractivity (Wildman–Crippen MR) is 141 cm³/mol. The summed E-state index contributed by atoms with van der Waals surface area (Å²) in [7, 11) is 3.71. The normalized spacial score (nSPS) is 15.6. The first kappa shape index (κ1) is 25.6. The van der Waals surface area contributed by atoms with E-state index in [1.165, 1.54) is 0 Å². The minimum atomic E-state index is -1.36. The molecule has 4 heterocycles. The van der Waals surface area contributed by atoms with Gasteiger partial charge in [-0.05, 0) is 69.1 Å². The summed E-state index contributed by atoms with van der Waals surface area (Å²) in [5.41, 5.74) is 2.68. The van der Waals surface area contributed by atoms with E-state index in [-0.39, 0.29) is 23.1 Å². The van der Waals surface area contributed by atoms with Gasteiger partial charge in [-0.2, -0.15) is 0 Å². The van der Waals surface area contributed by atoms with Crippen LogP contribution in [-0.2, 0) is 7.05 Å². The number of carbonyl (C=O) groups is 1. The Labute approximate surface area is 218 Å². The topological polar surface area (TPSA) is 92.4 Å². The molecule has 0 saturated carbocycles. The minimum absolute atomic E-state index is 0.00419. The molecule has 1 aliphatic heterocycles. The first-order chi connectivity index (χ1) is 18.2. The minimum Gasteiger partial charge on any atom is -0.478 e. The zero-order valence-corrected chi connectivity index (χ0v) is 21.4. The molecule has 3 aromatic heterocycles. The van der Waals surface area contributed by atoms with Crippen LogP contribution in [0.2, 0.25) is 0 Å². The van der Waals surface area contributed by atoms with E-state index in [1.807, 2.05) is 23.7 Å². The Kier molecular flexibility index (Phi) is 6.75. The fourth-order valence-corrected chi connectivity index (χ4v) is 5.53. The highest BCUT2D eigenvalue weighted by molar-refractivity contribution is 5.88. The van der Waals surface area contributed by atoms with Gasteiger partial charge in [0, 0.05) is 60.9 Å². The number of fused-ring (bicyclic) bond motifs is 1. The van der Waals surface area contributed by atoms with Gasteiger partial charge in [0.15, 0.2) is 0 Å². The molecule has 0 amide bonds. The second-order valence-corrected chi connectivity index (χ2v) is 9.71. The van der Waals surface area contributed by atoms with Crippen molar-refractivity contribution in [1.82, 2.24) is 19.0 Å². The van der Waals surface area contributed by atoms with Gasteiger partial charge < -0.3 is 15.0 Å². The Hall–Kier alpha value is -4.05. The molecular weight excluding hydrogens is 492 g/mol. The molecule has 0 spiro atoms. The van der Waals surface area contributed by atoms with Crippen LogP contribution in [0.15, 0.2) is 53.6 Å². The maximum absolute atomic E-state index is 14.6. The van der Waals surface area contributed by atoms with Crippen LogP contribution in [0.4, 0.5) is 14.5 Å². The van der Waals surface area contributed by atoms with Crippen molar-refractivity contribution in [1.29, 1.82) is 0 Å². The summed E-state index contributed by atoms with van der Waals surface area (Å²) >= 11 is 0. The van der Waals surface area contributed by atoms with Crippen LogP contribution in [0.3, 0.4) is 0 Å². The van der Waals surface area contributed by atoms with Crippen molar-refractivity contribution in [3.63, 3.8) is 0 Å². The van der Waals surface area contributed by atoms with Crippen molar-refractivity contribution in [3.8, 4) is 5.69 Å². The average molecular weight is 522 g/mol. The van der Waals surface area contributed by atoms with E-state index in [0.717, 1.165) is 40.2 Å². The zero-order chi connectivity index (χ0) is 27.1. The first-order valence-electron chi connectivity index (χ1n) is 12.5. The fraction of sp³-hybridized carbons (Fsp3) is 0.321. The molecule has 1 aromatic carbocycles. The molecule has 1 atom stereocenters. The maximum Gasteiger partial charge on any atom is 0.335 e. The lowest BCUT2D eigenvalue weighted by molar-refractivity contribution is 0.0695. The molecular formula is C28H29F2N5O3. The summed E-state index contributed by atoms with van der Waals surface area (Å²) in [6, 6.07) is 9.05. The van der Waals surface area contributed by atoms with E-state index in [0.29, 0.717) is 25.9 Å². The van der Waals surface area contributed by atoms with Crippen molar-refractivity contribution in [3.05, 3.63) is 87.6 Å². The summed E-state index contributed by atoms with van der Waals surface area (Å²) < 4.78 is 32.9. The average Bonchev–Trinajstić information content (AvgIpc) is 3.24. The Morgan fingerprint density at radius 1 is 1.13 bits per heavy atom. The highest BCUT2D eigenvalue weighted by atomic mass is 19.1. The lowest BCUT2D eigenvalue weighted by Gasteiger charge is -2.36. The third-order valence-corrected chi connectivity index (χ3v) is 7.65. The summed E-state index contributed by atoms with van der Waals surface area (Å²) in [4.78, 5) is 30.7. The summed E-state index contributed by atoms with van der Waals surface area (Å²) in [6.45, 7) is 3.33. The first-order valence-corrected chi connectivity index (χ1v) is 12.5. The smallest absolute Gasteiger partial charge is 0.335 e. The van der Waals surface area contributed by atoms with E-state index < -0.39 is 23.2 Å². The molecule has 1 saturated heterocycles. The number of hydrogen-bond acceptors (Lipinski definition) is 5. The lowest BCUT2D eigenvalue weighted by atomic mass is 9.87. The summed E-state index contributed by atoms with van der Waals surface area (Å²) in [5, 5.41) is 12.9. The number of aromatic nitrogens is 3. The number of aromatic carboxylic acids is 1. The number of nitrogens with zero attached hydrogens (tertiary/aromatic N) is 4. The number of pyridine rings is 2. The van der Waals surface area contributed by atoms with Crippen molar-refractivity contribution in [2.75, 3.05) is 25.5 Å². The van der Waals surface area contributed by atoms with Gasteiger partial charge in [0.05, 0.1) is 11.3 Å². The number of rotatable bonds is 6. The predicted octanol–water partition coefficient (Wildman–Crippen LogP) is 4.68. The lowest BCUT2D eigenvalue weighted by Crippen LogP contribution is -2.36. The van der Waals surface area contributed by atoms with Crippen LogP contribution in [0, 0.1) is 11.6 Å². The van der Waals surface area contributed by atoms with Gasteiger partial charge >= 0.3 is 5.97 Å². The molecule has 0 unspecified atom stereocenters. The van der Waals surface area contributed by atoms with Gasteiger partial charge in [-0.15, -0.1) is 0 Å². The molecule has 0 aliphatic carbocycles. The van der Waals surface area contributed by atoms with Crippen LogP contribution in [0.5, 0.6) is 0 Å². The fourth-order valence-electron chi connectivity index (χ4n) is 5.53. The number of nitrogens with one attached hydrogen (secondary N) is 1. The second kappa shape index (κ2) is 10.0. The molecule has 1 fully saturated rings. The number of likely N-dealkylation sites (tertiary alicyclic amines) is 1. The SMILES string of the molecule is CNc1ccn(-c2ccnc3c2cc([C@@H](C)N2CCC(c4c(F)cc(C(=O)O)cc4F)CC2)n3C)c(=O)c1. The van der Waals surface area contributed by atoms with Gasteiger partial charge in [0.25, 0.3) is 5.56 Å². The Morgan fingerprint density at radius 3 is 2.42 bits per heavy atom. The van der Waals surface area contributed by atoms with Gasteiger partial charge in [0.2, 0.25) is 0 Å². The molecule has 10 heteroatoms. The number of piperidine rings is 1. The number of carboxylic acid groups (broad SMARTS) is 1. The second-order valence-electron chi connectivity index (χ2n) is 9.71. The van der Waals surface area contributed by atoms with Crippen LogP contribution in [0.1, 0.15) is 53.3 Å². The van der Waals surface area contributed by atoms with Gasteiger partial charge in [-0.1, -0.05) is 0 Å². The zero-order valence-electron chi connectivity index (χ0n) is 21.4. The number of aryl methyl sites for hydroxylation is 1. The molecule has 0 radical (unpaired) electrons. The van der Waals surface area contributed by atoms with Crippen molar-refractivity contribution < 1.29 is 18.7 Å².